The van der Waals surface area contributed by atoms with Crippen LogP contribution in [-0.4, -0.2) is 20.2 Å². The summed E-state index contributed by atoms with van der Waals surface area (Å²) in [6.07, 6.45) is 0.868. The second-order valence-corrected chi connectivity index (χ2v) is 5.37. The van der Waals surface area contributed by atoms with E-state index in [1.54, 1.807) is 12.1 Å². The van der Waals surface area contributed by atoms with Crippen molar-refractivity contribution >= 4 is 0 Å². The van der Waals surface area contributed by atoms with E-state index in [0.717, 1.165) is 12.0 Å². The molecular weight excluding hydrogens is 243 g/mol. The molecule has 3 N–H and O–H groups in total. The third-order valence-corrected chi connectivity index (χ3v) is 3.45. The maximum absolute atomic E-state index is 13.9. The number of nitrogens with one attached hydrogen (secondary N) is 1. The molecule has 1 atom stereocenters. The van der Waals surface area contributed by atoms with Gasteiger partial charge in [-0.2, -0.15) is 0 Å². The van der Waals surface area contributed by atoms with E-state index in [1.807, 2.05) is 20.0 Å². The van der Waals surface area contributed by atoms with Crippen molar-refractivity contribution in [2.75, 3.05) is 20.2 Å². The van der Waals surface area contributed by atoms with E-state index in [2.05, 4.69) is 19.2 Å². The Kier molecular flexibility index (Phi) is 5.76. The molecule has 0 spiro atoms. The zero-order chi connectivity index (χ0) is 14.5. The molecule has 0 amide bonds. The molecule has 0 aromatic heterocycles. The van der Waals surface area contributed by atoms with Crippen molar-refractivity contribution in [2.45, 2.75) is 33.2 Å². The fourth-order valence-corrected chi connectivity index (χ4v) is 2.49. The number of ether oxygens (including phenoxy) is 1. The Morgan fingerprint density at radius 1 is 1.42 bits per heavy atom. The SMILES string of the molecule is CCOc1ccc(C(NC)C(C)(C)CCN)cc1F. The Morgan fingerprint density at radius 2 is 2.11 bits per heavy atom. The highest BCUT2D eigenvalue weighted by Crippen LogP contribution is 2.37. The highest BCUT2D eigenvalue weighted by molar-refractivity contribution is 5.32. The lowest BCUT2D eigenvalue weighted by molar-refractivity contribution is 0.238. The maximum Gasteiger partial charge on any atom is 0.165 e. The molecule has 0 radical (unpaired) electrons. The van der Waals surface area contributed by atoms with Crippen molar-refractivity contribution in [3.8, 4) is 5.75 Å². The molecule has 0 aliphatic heterocycles. The van der Waals surface area contributed by atoms with Gasteiger partial charge in [-0.25, -0.2) is 4.39 Å². The van der Waals surface area contributed by atoms with Gasteiger partial charge < -0.3 is 15.8 Å². The molecule has 1 aromatic rings. The summed E-state index contributed by atoms with van der Waals surface area (Å²) in [5, 5.41) is 3.26. The van der Waals surface area contributed by atoms with Gasteiger partial charge in [0.2, 0.25) is 0 Å². The van der Waals surface area contributed by atoms with E-state index in [0.29, 0.717) is 18.9 Å². The Hall–Kier alpha value is -1.13. The van der Waals surface area contributed by atoms with Crippen LogP contribution in [0.3, 0.4) is 0 Å². The molecule has 108 valence electrons. The van der Waals surface area contributed by atoms with E-state index in [1.165, 1.54) is 0 Å². The van der Waals surface area contributed by atoms with Crippen LogP contribution in [0.25, 0.3) is 0 Å². The van der Waals surface area contributed by atoms with E-state index in [9.17, 15) is 4.39 Å². The van der Waals surface area contributed by atoms with Crippen LogP contribution in [0.5, 0.6) is 5.75 Å². The zero-order valence-electron chi connectivity index (χ0n) is 12.3. The topological polar surface area (TPSA) is 47.3 Å². The van der Waals surface area contributed by atoms with Crippen LogP contribution in [0.15, 0.2) is 18.2 Å². The van der Waals surface area contributed by atoms with Gasteiger partial charge in [-0.1, -0.05) is 19.9 Å². The third kappa shape index (κ3) is 3.91. The van der Waals surface area contributed by atoms with Gasteiger partial charge in [-0.15, -0.1) is 0 Å². The van der Waals surface area contributed by atoms with Crippen molar-refractivity contribution < 1.29 is 9.13 Å². The minimum atomic E-state index is -0.317. The average Bonchev–Trinajstić information content (AvgIpc) is 2.33. The Balaban J connectivity index is 3.02. The normalized spacial score (nSPS) is 13.4. The summed E-state index contributed by atoms with van der Waals surface area (Å²) in [4.78, 5) is 0. The number of rotatable bonds is 7. The van der Waals surface area contributed by atoms with E-state index >= 15 is 0 Å². The highest BCUT2D eigenvalue weighted by Gasteiger charge is 2.29. The van der Waals surface area contributed by atoms with E-state index in [-0.39, 0.29) is 17.3 Å². The number of halogens is 1. The van der Waals surface area contributed by atoms with Crippen LogP contribution in [0.1, 0.15) is 38.8 Å². The third-order valence-electron chi connectivity index (χ3n) is 3.45. The van der Waals surface area contributed by atoms with Gasteiger partial charge in [-0.3, -0.25) is 0 Å². The lowest BCUT2D eigenvalue weighted by Crippen LogP contribution is -2.33. The van der Waals surface area contributed by atoms with Crippen LogP contribution in [0.4, 0.5) is 4.39 Å². The lowest BCUT2D eigenvalue weighted by Gasteiger charge is -2.34. The molecule has 0 heterocycles. The highest BCUT2D eigenvalue weighted by atomic mass is 19.1. The maximum atomic E-state index is 13.9. The molecule has 0 saturated heterocycles. The summed E-state index contributed by atoms with van der Waals surface area (Å²) < 4.78 is 19.2. The van der Waals surface area contributed by atoms with E-state index in [4.69, 9.17) is 10.5 Å². The smallest absolute Gasteiger partial charge is 0.165 e. The van der Waals surface area contributed by atoms with Crippen molar-refractivity contribution in [1.29, 1.82) is 0 Å². The quantitative estimate of drug-likeness (QED) is 0.799. The predicted molar refractivity (Wildman–Crippen MR) is 76.8 cm³/mol. The molecular formula is C15H25FN2O. The van der Waals surface area contributed by atoms with Crippen LogP contribution in [-0.2, 0) is 0 Å². The average molecular weight is 268 g/mol. The first kappa shape index (κ1) is 15.9. The van der Waals surface area contributed by atoms with Crippen molar-refractivity contribution in [2.24, 2.45) is 11.1 Å². The van der Waals surface area contributed by atoms with Crippen LogP contribution in [0.2, 0.25) is 0 Å². The van der Waals surface area contributed by atoms with Gasteiger partial charge in [0.1, 0.15) is 0 Å². The molecule has 0 fully saturated rings. The van der Waals surface area contributed by atoms with Crippen LogP contribution < -0.4 is 15.8 Å². The Labute approximate surface area is 115 Å². The van der Waals surface area contributed by atoms with Gasteiger partial charge in [0.25, 0.3) is 0 Å². The first-order chi connectivity index (χ1) is 8.96. The molecule has 1 aromatic carbocycles. The van der Waals surface area contributed by atoms with Gasteiger partial charge in [-0.05, 0) is 50.0 Å². The summed E-state index contributed by atoms with van der Waals surface area (Å²) in [6.45, 7) is 7.19. The Bertz CT molecular complexity index is 407. The molecule has 0 saturated carbocycles. The summed E-state index contributed by atoms with van der Waals surface area (Å²) in [6, 6.07) is 5.20. The zero-order valence-corrected chi connectivity index (χ0v) is 12.3. The second-order valence-electron chi connectivity index (χ2n) is 5.37. The number of hydrogen-bond acceptors (Lipinski definition) is 3. The van der Waals surface area contributed by atoms with Crippen LogP contribution >= 0.6 is 0 Å². The number of hydrogen-bond donors (Lipinski definition) is 2. The molecule has 0 aliphatic rings. The van der Waals surface area contributed by atoms with Crippen molar-refractivity contribution in [3.63, 3.8) is 0 Å². The largest absolute Gasteiger partial charge is 0.491 e. The van der Waals surface area contributed by atoms with Crippen molar-refractivity contribution in [3.05, 3.63) is 29.6 Å². The van der Waals surface area contributed by atoms with Gasteiger partial charge in [0.05, 0.1) is 6.61 Å². The summed E-state index contributed by atoms with van der Waals surface area (Å²) in [7, 11) is 1.89. The standard InChI is InChI=1S/C15H25FN2O/c1-5-19-13-7-6-11(10-12(13)16)14(18-4)15(2,3)8-9-17/h6-7,10,14,18H,5,8-9,17H2,1-4H3. The minimum absolute atomic E-state index is 0.0386. The lowest BCUT2D eigenvalue weighted by atomic mass is 9.78. The fraction of sp³-hybridized carbons (Fsp3) is 0.600. The minimum Gasteiger partial charge on any atom is -0.491 e. The molecule has 1 rings (SSSR count). The molecule has 0 aliphatic carbocycles. The molecule has 1 unspecified atom stereocenters. The van der Waals surface area contributed by atoms with Gasteiger partial charge in [0.15, 0.2) is 11.6 Å². The molecule has 4 heteroatoms. The van der Waals surface area contributed by atoms with Crippen molar-refractivity contribution in [1.82, 2.24) is 5.32 Å². The summed E-state index contributed by atoms with van der Waals surface area (Å²) in [5.74, 6) is -0.0131. The van der Waals surface area contributed by atoms with Crippen LogP contribution in [0, 0.1) is 11.2 Å². The first-order valence-corrected chi connectivity index (χ1v) is 6.75. The molecule has 0 bridgehead atoms. The first-order valence-electron chi connectivity index (χ1n) is 6.75. The fourth-order valence-electron chi connectivity index (χ4n) is 2.49. The summed E-state index contributed by atoms with van der Waals surface area (Å²) >= 11 is 0. The van der Waals surface area contributed by atoms with E-state index < -0.39 is 0 Å². The monoisotopic (exact) mass is 268 g/mol. The summed E-state index contributed by atoms with van der Waals surface area (Å²) in [5.41, 5.74) is 6.54. The number of nitrogens with two attached hydrogens (primary N) is 1. The Morgan fingerprint density at radius 3 is 2.58 bits per heavy atom. The molecule has 3 nitrogen and oxygen atoms in total. The van der Waals surface area contributed by atoms with Gasteiger partial charge >= 0.3 is 0 Å². The predicted octanol–water partition coefficient (Wildman–Crippen LogP) is 2.86. The second kappa shape index (κ2) is 6.87. The van der Waals surface area contributed by atoms with Gasteiger partial charge in [0, 0.05) is 6.04 Å². The number of benzene rings is 1. The molecule has 19 heavy (non-hydrogen) atoms.